The summed E-state index contributed by atoms with van der Waals surface area (Å²) in [6, 6.07) is 0. The van der Waals surface area contributed by atoms with E-state index in [1.165, 1.54) is 0 Å². The molecule has 0 bridgehead atoms. The van der Waals surface area contributed by atoms with Gasteiger partial charge in [-0.1, -0.05) is 0 Å². The Kier molecular flexibility index (Phi) is 9.79. The van der Waals surface area contributed by atoms with E-state index in [1.807, 2.05) is 0 Å². The number of hydrogen-bond donors (Lipinski definition) is 7. The molecule has 0 amide bonds. The normalized spacial score (nSPS) is 18.9. The lowest BCUT2D eigenvalue weighted by Gasteiger charge is -2.39. The molecule has 1 heterocycles. The highest BCUT2D eigenvalue weighted by Crippen LogP contribution is 2.28. The van der Waals surface area contributed by atoms with Crippen LogP contribution in [0.15, 0.2) is 0 Å². The van der Waals surface area contributed by atoms with Crippen LogP contribution in [0.1, 0.15) is 12.8 Å². The average Bonchev–Trinajstić information content (AvgIpc) is 2.60. The Morgan fingerprint density at radius 3 is 1.61 bits per heavy atom. The van der Waals surface area contributed by atoms with Gasteiger partial charge >= 0.3 is 23.9 Å². The predicted octanol–water partition coefficient (Wildman–Crippen LogP) is -2.46. The first-order valence-electron chi connectivity index (χ1n) is 9.05. The molecule has 1 saturated heterocycles. The van der Waals surface area contributed by atoms with E-state index < -0.39 is 35.3 Å². The minimum Gasteiger partial charge on any atom is -0.481 e. The van der Waals surface area contributed by atoms with E-state index in [-0.39, 0.29) is 19.6 Å². The van der Waals surface area contributed by atoms with Crippen molar-refractivity contribution < 1.29 is 39.6 Å². The van der Waals surface area contributed by atoms with Crippen LogP contribution in [0.5, 0.6) is 0 Å². The molecule has 0 atom stereocenters. The molecule has 0 aliphatic carbocycles. The summed E-state index contributed by atoms with van der Waals surface area (Å²) in [5.41, 5.74) is -3.13. The number of carboxylic acids is 4. The number of carbonyl (C=O) groups is 4. The molecule has 0 spiro atoms. The van der Waals surface area contributed by atoms with E-state index in [9.17, 15) is 39.6 Å². The lowest BCUT2D eigenvalue weighted by atomic mass is 9.81. The summed E-state index contributed by atoms with van der Waals surface area (Å²) in [5, 5.41) is 47.4. The van der Waals surface area contributed by atoms with Crippen molar-refractivity contribution in [2.24, 2.45) is 5.92 Å². The lowest BCUT2D eigenvalue weighted by Crippen LogP contribution is -2.69. The highest BCUT2D eigenvalue weighted by atomic mass is 16.4. The highest BCUT2D eigenvalue weighted by molar-refractivity contribution is 6.13. The third kappa shape index (κ3) is 5.86. The van der Waals surface area contributed by atoms with Crippen molar-refractivity contribution in [1.29, 1.82) is 0 Å². The van der Waals surface area contributed by atoms with Gasteiger partial charge in [-0.3, -0.25) is 14.5 Å². The van der Waals surface area contributed by atoms with Crippen molar-refractivity contribution in [1.82, 2.24) is 20.9 Å². The first-order valence-corrected chi connectivity index (χ1v) is 9.05. The standard InChI is InChI=1S/C16H28N4O8/c21-12(22)11(13(23)24)16(14(25)26,15(27)28)20-9-2-5-18-7-6-17-3-1-4-19-8-10-20/h11,17-19H,1-10H2,(H,21,22)(H,23,24)(H,25,26)(H,27,28). The molecule has 28 heavy (non-hydrogen) atoms. The molecule has 0 saturated carbocycles. The van der Waals surface area contributed by atoms with Crippen LogP contribution in [0.4, 0.5) is 0 Å². The van der Waals surface area contributed by atoms with Crippen molar-refractivity contribution in [2.75, 3.05) is 52.4 Å². The molecule has 0 unspecified atom stereocenters. The number of aliphatic carboxylic acids is 4. The summed E-state index contributed by atoms with van der Waals surface area (Å²) < 4.78 is 0. The summed E-state index contributed by atoms with van der Waals surface area (Å²) in [6.07, 6.45) is 1.10. The maximum absolute atomic E-state index is 12.0. The van der Waals surface area contributed by atoms with Gasteiger partial charge in [0.2, 0.25) is 5.54 Å². The fourth-order valence-corrected chi connectivity index (χ4v) is 3.22. The van der Waals surface area contributed by atoms with Crippen LogP contribution in [-0.2, 0) is 19.2 Å². The molecule has 12 heteroatoms. The molecule has 1 aliphatic rings. The first kappa shape index (κ1) is 23.8. The SMILES string of the molecule is O=C(O)C(C(=O)O)C(C(=O)O)(C(=O)O)N1CCCNCCNCCCNCC1. The predicted molar refractivity (Wildman–Crippen MR) is 96.2 cm³/mol. The zero-order valence-corrected chi connectivity index (χ0v) is 15.5. The summed E-state index contributed by atoms with van der Waals surface area (Å²) in [4.78, 5) is 48.0. The van der Waals surface area contributed by atoms with Crippen molar-refractivity contribution in [3.63, 3.8) is 0 Å². The number of nitrogens with one attached hydrogen (secondary N) is 3. The number of carboxylic acid groups (broad SMARTS) is 4. The molecule has 1 fully saturated rings. The van der Waals surface area contributed by atoms with E-state index in [0.29, 0.717) is 26.1 Å². The minimum absolute atomic E-state index is 0.0994. The number of rotatable bonds is 6. The van der Waals surface area contributed by atoms with Crippen LogP contribution >= 0.6 is 0 Å². The molecule has 0 aromatic carbocycles. The molecular formula is C16H28N4O8. The van der Waals surface area contributed by atoms with Crippen LogP contribution in [0, 0.1) is 5.92 Å². The van der Waals surface area contributed by atoms with Gasteiger partial charge in [0, 0.05) is 32.7 Å². The summed E-state index contributed by atoms with van der Waals surface area (Å²) in [7, 11) is 0. The monoisotopic (exact) mass is 404 g/mol. The smallest absolute Gasteiger partial charge is 0.337 e. The second-order valence-electron chi connectivity index (χ2n) is 6.43. The Balaban J connectivity index is 3.23. The topological polar surface area (TPSA) is 189 Å². The second-order valence-corrected chi connectivity index (χ2v) is 6.43. The summed E-state index contributed by atoms with van der Waals surface area (Å²) >= 11 is 0. The Hall–Kier alpha value is -2.28. The molecular weight excluding hydrogens is 376 g/mol. The maximum atomic E-state index is 12.0. The largest absolute Gasteiger partial charge is 0.481 e. The molecule has 0 radical (unpaired) electrons. The van der Waals surface area contributed by atoms with Crippen molar-refractivity contribution >= 4 is 23.9 Å². The quantitative estimate of drug-likeness (QED) is 0.232. The van der Waals surface area contributed by atoms with Crippen LogP contribution in [-0.4, -0.2) is 107 Å². The van der Waals surface area contributed by atoms with Gasteiger partial charge in [0.05, 0.1) is 0 Å². The van der Waals surface area contributed by atoms with Gasteiger partial charge in [-0.2, -0.15) is 0 Å². The van der Waals surface area contributed by atoms with Crippen LogP contribution in [0.2, 0.25) is 0 Å². The fourth-order valence-electron chi connectivity index (χ4n) is 3.22. The van der Waals surface area contributed by atoms with Gasteiger partial charge in [-0.15, -0.1) is 0 Å². The zero-order valence-electron chi connectivity index (χ0n) is 15.5. The van der Waals surface area contributed by atoms with E-state index >= 15 is 0 Å². The zero-order chi connectivity index (χ0) is 21.2. The number of nitrogens with zero attached hydrogens (tertiary/aromatic N) is 1. The Morgan fingerprint density at radius 2 is 1.14 bits per heavy atom. The Labute approximate surface area is 161 Å². The van der Waals surface area contributed by atoms with Crippen LogP contribution < -0.4 is 16.0 Å². The first-order chi connectivity index (χ1) is 13.3. The lowest BCUT2D eigenvalue weighted by molar-refractivity contribution is -0.186. The molecule has 7 N–H and O–H groups in total. The van der Waals surface area contributed by atoms with E-state index in [4.69, 9.17) is 0 Å². The molecule has 0 aromatic heterocycles. The highest BCUT2D eigenvalue weighted by Gasteiger charge is 2.63. The van der Waals surface area contributed by atoms with E-state index in [2.05, 4.69) is 16.0 Å². The van der Waals surface area contributed by atoms with Crippen molar-refractivity contribution in [3.8, 4) is 0 Å². The van der Waals surface area contributed by atoms with E-state index in [1.54, 1.807) is 0 Å². The molecule has 1 aliphatic heterocycles. The van der Waals surface area contributed by atoms with E-state index in [0.717, 1.165) is 24.4 Å². The maximum Gasteiger partial charge on any atom is 0.337 e. The third-order valence-corrected chi connectivity index (χ3v) is 4.59. The average molecular weight is 404 g/mol. The molecule has 160 valence electrons. The minimum atomic E-state index is -3.13. The second kappa shape index (κ2) is 11.5. The summed E-state index contributed by atoms with van der Waals surface area (Å²) in [6.45, 7) is 3.13. The van der Waals surface area contributed by atoms with Crippen molar-refractivity contribution in [3.05, 3.63) is 0 Å². The fraction of sp³-hybridized carbons (Fsp3) is 0.750. The van der Waals surface area contributed by atoms with Gasteiger partial charge in [0.25, 0.3) is 0 Å². The Bertz CT molecular complexity index is 529. The molecule has 12 nitrogen and oxygen atoms in total. The van der Waals surface area contributed by atoms with Gasteiger partial charge in [-0.05, 0) is 32.5 Å². The van der Waals surface area contributed by atoms with Crippen LogP contribution in [0.25, 0.3) is 0 Å². The van der Waals surface area contributed by atoms with Crippen molar-refractivity contribution in [2.45, 2.75) is 18.4 Å². The van der Waals surface area contributed by atoms with Gasteiger partial charge < -0.3 is 36.4 Å². The number of hydrogen-bond acceptors (Lipinski definition) is 8. The molecule has 1 rings (SSSR count). The van der Waals surface area contributed by atoms with Gasteiger partial charge in [0.1, 0.15) is 0 Å². The molecule has 0 aromatic rings. The van der Waals surface area contributed by atoms with Gasteiger partial charge in [0.15, 0.2) is 5.92 Å². The third-order valence-electron chi connectivity index (χ3n) is 4.59. The Morgan fingerprint density at radius 1 is 0.679 bits per heavy atom. The summed E-state index contributed by atoms with van der Waals surface area (Å²) in [5.74, 6) is -10.7. The van der Waals surface area contributed by atoms with Crippen LogP contribution in [0.3, 0.4) is 0 Å². The van der Waals surface area contributed by atoms with Gasteiger partial charge in [-0.25, -0.2) is 9.59 Å².